The van der Waals surface area contributed by atoms with E-state index >= 15 is 0 Å². The first-order chi connectivity index (χ1) is 9.02. The van der Waals surface area contributed by atoms with Crippen LogP contribution in [-0.2, 0) is 0 Å². The summed E-state index contributed by atoms with van der Waals surface area (Å²) in [5.41, 5.74) is 0.110. The molecule has 19 heavy (non-hydrogen) atoms. The van der Waals surface area contributed by atoms with Crippen LogP contribution in [0.2, 0.25) is 0 Å². The Bertz CT molecular complexity index is 641. The van der Waals surface area contributed by atoms with Gasteiger partial charge in [-0.2, -0.15) is 0 Å². The Morgan fingerprint density at radius 2 is 1.79 bits per heavy atom. The molecule has 0 saturated heterocycles. The van der Waals surface area contributed by atoms with E-state index in [4.69, 9.17) is 4.74 Å². The maximum Gasteiger partial charge on any atom is 0.197 e. The quantitative estimate of drug-likeness (QED) is 0.798. The fraction of sp³-hybridized carbons (Fsp3) is 0.0714. The molecule has 0 aliphatic rings. The second-order valence-corrected chi connectivity index (χ2v) is 4.65. The van der Waals surface area contributed by atoms with E-state index in [1.165, 1.54) is 25.3 Å². The number of ketones is 1. The lowest BCUT2D eigenvalue weighted by Crippen LogP contribution is -2.05. The predicted molar refractivity (Wildman–Crippen MR) is 70.5 cm³/mol. The minimum Gasteiger partial charge on any atom is -0.497 e. The van der Waals surface area contributed by atoms with Gasteiger partial charge in [-0.05, 0) is 46.3 Å². The number of hydrogen-bond acceptors (Lipinski definition) is 2. The molecule has 2 rings (SSSR count). The van der Waals surface area contributed by atoms with Gasteiger partial charge in [-0.15, -0.1) is 0 Å². The van der Waals surface area contributed by atoms with E-state index in [2.05, 4.69) is 15.9 Å². The number of halogens is 3. The van der Waals surface area contributed by atoms with E-state index < -0.39 is 17.4 Å². The van der Waals surface area contributed by atoms with Gasteiger partial charge in [-0.3, -0.25) is 4.79 Å². The number of carbonyl (C=O) groups excluding carboxylic acids is 1. The summed E-state index contributed by atoms with van der Waals surface area (Å²) in [6, 6.07) is 7.59. The number of methoxy groups -OCH3 is 1. The summed E-state index contributed by atoms with van der Waals surface area (Å²) in [5.74, 6) is -1.35. The molecule has 0 aliphatic carbocycles. The molecule has 2 aromatic carbocycles. The van der Waals surface area contributed by atoms with Crippen LogP contribution in [0.1, 0.15) is 15.9 Å². The first kappa shape index (κ1) is 13.7. The fourth-order valence-corrected chi connectivity index (χ4v) is 2.16. The average Bonchev–Trinajstić information content (AvgIpc) is 2.37. The van der Waals surface area contributed by atoms with Crippen LogP contribution in [-0.4, -0.2) is 12.9 Å². The topological polar surface area (TPSA) is 26.3 Å². The number of carbonyl (C=O) groups is 1. The fourth-order valence-electron chi connectivity index (χ4n) is 1.63. The van der Waals surface area contributed by atoms with Crippen molar-refractivity contribution < 1.29 is 18.3 Å². The van der Waals surface area contributed by atoms with Crippen LogP contribution in [0.5, 0.6) is 5.75 Å². The molecule has 2 nitrogen and oxygen atoms in total. The van der Waals surface area contributed by atoms with Crippen LogP contribution in [0.15, 0.2) is 40.9 Å². The highest BCUT2D eigenvalue weighted by Crippen LogP contribution is 2.24. The van der Waals surface area contributed by atoms with E-state index in [9.17, 15) is 13.6 Å². The van der Waals surface area contributed by atoms with Gasteiger partial charge in [0.1, 0.15) is 17.4 Å². The molecule has 0 amide bonds. The van der Waals surface area contributed by atoms with E-state index in [1.54, 1.807) is 0 Å². The smallest absolute Gasteiger partial charge is 0.197 e. The number of hydrogen-bond donors (Lipinski definition) is 0. The van der Waals surface area contributed by atoms with Gasteiger partial charge in [0.2, 0.25) is 0 Å². The summed E-state index contributed by atoms with van der Waals surface area (Å²) in [6.45, 7) is 0. The molecular weight excluding hydrogens is 318 g/mol. The average molecular weight is 327 g/mol. The van der Waals surface area contributed by atoms with Crippen molar-refractivity contribution >= 4 is 21.7 Å². The minimum atomic E-state index is -0.680. The zero-order chi connectivity index (χ0) is 14.0. The molecule has 0 atom stereocenters. The normalized spacial score (nSPS) is 10.3. The molecule has 0 N–H and O–H groups in total. The Hall–Kier alpha value is -1.75. The van der Waals surface area contributed by atoms with Gasteiger partial charge in [-0.25, -0.2) is 8.78 Å². The van der Waals surface area contributed by atoms with Gasteiger partial charge in [0.25, 0.3) is 0 Å². The lowest BCUT2D eigenvalue weighted by atomic mass is 10.0. The Morgan fingerprint density at radius 3 is 2.37 bits per heavy atom. The molecule has 0 spiro atoms. The van der Waals surface area contributed by atoms with Gasteiger partial charge in [0.15, 0.2) is 5.78 Å². The van der Waals surface area contributed by atoms with Crippen molar-refractivity contribution in [3.63, 3.8) is 0 Å². The first-order valence-corrected chi connectivity index (χ1v) is 6.15. The molecular formula is C14H9BrF2O2. The molecule has 2 aromatic rings. The molecule has 0 radical (unpaired) electrons. The summed E-state index contributed by atoms with van der Waals surface area (Å²) in [4.78, 5) is 12.2. The van der Waals surface area contributed by atoms with Crippen molar-refractivity contribution in [2.75, 3.05) is 7.11 Å². The van der Waals surface area contributed by atoms with Crippen molar-refractivity contribution in [2.24, 2.45) is 0 Å². The van der Waals surface area contributed by atoms with Crippen LogP contribution in [0.3, 0.4) is 0 Å². The summed E-state index contributed by atoms with van der Waals surface area (Å²) < 4.78 is 31.9. The maximum absolute atomic E-state index is 13.8. The molecule has 0 unspecified atom stereocenters. The van der Waals surface area contributed by atoms with Gasteiger partial charge in [-0.1, -0.05) is 0 Å². The molecule has 0 aliphatic heterocycles. The monoisotopic (exact) mass is 326 g/mol. The van der Waals surface area contributed by atoms with Crippen LogP contribution < -0.4 is 4.74 Å². The van der Waals surface area contributed by atoms with Crippen molar-refractivity contribution in [3.05, 3.63) is 63.6 Å². The van der Waals surface area contributed by atoms with Gasteiger partial charge < -0.3 is 4.74 Å². The third-order valence-electron chi connectivity index (χ3n) is 2.60. The van der Waals surface area contributed by atoms with E-state index in [0.717, 1.165) is 18.2 Å². The minimum absolute atomic E-state index is 0.0897. The lowest BCUT2D eigenvalue weighted by molar-refractivity contribution is 0.103. The third-order valence-corrected chi connectivity index (χ3v) is 3.25. The highest BCUT2D eigenvalue weighted by molar-refractivity contribution is 9.10. The Balaban J connectivity index is 2.44. The zero-order valence-electron chi connectivity index (χ0n) is 9.91. The first-order valence-electron chi connectivity index (χ1n) is 5.36. The Labute approximate surface area is 117 Å². The van der Waals surface area contributed by atoms with Crippen LogP contribution in [0.4, 0.5) is 8.78 Å². The van der Waals surface area contributed by atoms with Gasteiger partial charge >= 0.3 is 0 Å². The summed E-state index contributed by atoms with van der Waals surface area (Å²) >= 11 is 3.09. The van der Waals surface area contributed by atoms with Crippen LogP contribution in [0.25, 0.3) is 0 Å². The van der Waals surface area contributed by atoms with E-state index in [0.29, 0.717) is 5.75 Å². The van der Waals surface area contributed by atoms with Crippen LogP contribution in [0, 0.1) is 11.6 Å². The molecule has 5 heteroatoms. The molecule has 0 heterocycles. The van der Waals surface area contributed by atoms with E-state index in [-0.39, 0.29) is 15.6 Å². The number of rotatable bonds is 3. The second kappa shape index (κ2) is 5.48. The zero-order valence-corrected chi connectivity index (χ0v) is 11.5. The van der Waals surface area contributed by atoms with Gasteiger partial charge in [0.05, 0.1) is 12.7 Å². The van der Waals surface area contributed by atoms with Crippen molar-refractivity contribution in [2.45, 2.75) is 0 Å². The Kier molecular flexibility index (Phi) is 3.95. The second-order valence-electron chi connectivity index (χ2n) is 3.80. The summed E-state index contributed by atoms with van der Waals surface area (Å²) in [6.07, 6.45) is 0. The van der Waals surface area contributed by atoms with Gasteiger partial charge in [0, 0.05) is 16.1 Å². The predicted octanol–water partition coefficient (Wildman–Crippen LogP) is 3.97. The SMILES string of the molecule is COc1ccc(C(=O)c2ccc(F)cc2Br)c(F)c1. The van der Waals surface area contributed by atoms with Crippen molar-refractivity contribution in [3.8, 4) is 5.75 Å². The van der Waals surface area contributed by atoms with Crippen molar-refractivity contribution in [1.82, 2.24) is 0 Å². The highest BCUT2D eigenvalue weighted by atomic mass is 79.9. The van der Waals surface area contributed by atoms with E-state index in [1.807, 2.05) is 0 Å². The molecule has 98 valence electrons. The number of ether oxygens (including phenoxy) is 1. The Morgan fingerprint density at radius 1 is 1.11 bits per heavy atom. The van der Waals surface area contributed by atoms with Crippen LogP contribution >= 0.6 is 15.9 Å². The third kappa shape index (κ3) is 2.81. The maximum atomic E-state index is 13.8. The lowest BCUT2D eigenvalue weighted by Gasteiger charge is -2.06. The summed E-state index contributed by atoms with van der Waals surface area (Å²) in [5, 5.41) is 0. The molecule has 0 aromatic heterocycles. The summed E-state index contributed by atoms with van der Waals surface area (Å²) in [7, 11) is 1.41. The molecule has 0 saturated carbocycles. The largest absolute Gasteiger partial charge is 0.497 e. The highest BCUT2D eigenvalue weighted by Gasteiger charge is 2.17. The standard InChI is InChI=1S/C14H9BrF2O2/c1-19-9-3-5-11(13(17)7-9)14(18)10-4-2-8(16)6-12(10)15/h2-7H,1H3. The van der Waals surface area contributed by atoms with Crippen molar-refractivity contribution in [1.29, 1.82) is 0 Å². The molecule has 0 bridgehead atoms. The molecule has 0 fully saturated rings. The number of benzene rings is 2.